The lowest BCUT2D eigenvalue weighted by molar-refractivity contribution is 0.0652. The van der Waals surface area contributed by atoms with E-state index in [9.17, 15) is 9.59 Å². The molecule has 0 bridgehead atoms. The molecule has 0 spiro atoms. The molecule has 0 unspecified atom stereocenters. The summed E-state index contributed by atoms with van der Waals surface area (Å²) in [6.07, 6.45) is 1.46. The highest BCUT2D eigenvalue weighted by atomic mass is 16.5. The molecule has 5 heteroatoms. The van der Waals surface area contributed by atoms with E-state index >= 15 is 0 Å². The van der Waals surface area contributed by atoms with Gasteiger partial charge >= 0.3 is 0 Å². The summed E-state index contributed by atoms with van der Waals surface area (Å²) >= 11 is 0. The highest BCUT2D eigenvalue weighted by Crippen LogP contribution is 2.23. The van der Waals surface area contributed by atoms with Crippen LogP contribution in [0.4, 0.5) is 0 Å². The summed E-state index contributed by atoms with van der Waals surface area (Å²) in [5, 5.41) is 0. The molecule has 0 N–H and O–H groups in total. The fourth-order valence-corrected chi connectivity index (χ4v) is 3.66. The molecule has 0 radical (unpaired) electrons. The second kappa shape index (κ2) is 10.0. The Labute approximate surface area is 182 Å². The van der Waals surface area contributed by atoms with E-state index in [1.165, 1.54) is 4.90 Å². The smallest absolute Gasteiger partial charge is 0.261 e. The second-order valence-electron chi connectivity index (χ2n) is 7.45. The molecule has 31 heavy (non-hydrogen) atoms. The standard InChI is InChI=1S/C26H25NO4/c28-25-23-13-4-5-14-24(23)26(29)27(25)15-7-11-20-10-6-12-22(18-20)31-17-16-30-19-21-8-2-1-3-9-21/h1-6,8-10,12-14,18H,7,11,15-17,19H2. The summed E-state index contributed by atoms with van der Waals surface area (Å²) < 4.78 is 11.4. The first-order valence-corrected chi connectivity index (χ1v) is 10.5. The topological polar surface area (TPSA) is 55.8 Å². The van der Waals surface area contributed by atoms with Crippen molar-refractivity contribution in [3.05, 3.63) is 101 Å². The zero-order chi connectivity index (χ0) is 21.5. The first-order chi connectivity index (χ1) is 15.2. The number of hydrogen-bond acceptors (Lipinski definition) is 4. The zero-order valence-electron chi connectivity index (χ0n) is 17.3. The summed E-state index contributed by atoms with van der Waals surface area (Å²) in [5.74, 6) is 0.392. The molecule has 1 aliphatic heterocycles. The molecule has 1 aliphatic rings. The number of rotatable bonds is 10. The van der Waals surface area contributed by atoms with Gasteiger partial charge in [0.15, 0.2) is 0 Å². The number of carbonyl (C=O) groups excluding carboxylic acids is 2. The number of ether oxygens (including phenoxy) is 2. The highest BCUT2D eigenvalue weighted by molar-refractivity contribution is 6.21. The van der Waals surface area contributed by atoms with Gasteiger partial charge in [-0.3, -0.25) is 14.5 Å². The quantitative estimate of drug-likeness (QED) is 0.361. The maximum Gasteiger partial charge on any atom is 0.261 e. The van der Waals surface area contributed by atoms with Crippen molar-refractivity contribution in [2.75, 3.05) is 19.8 Å². The van der Waals surface area contributed by atoms with Gasteiger partial charge in [0.2, 0.25) is 0 Å². The summed E-state index contributed by atoms with van der Waals surface area (Å²) in [6.45, 7) is 1.97. The van der Waals surface area contributed by atoms with Gasteiger partial charge in [-0.15, -0.1) is 0 Å². The maximum absolute atomic E-state index is 12.4. The van der Waals surface area contributed by atoms with Gasteiger partial charge in [0.25, 0.3) is 11.8 Å². The van der Waals surface area contributed by atoms with Crippen molar-refractivity contribution in [2.24, 2.45) is 0 Å². The third kappa shape index (κ3) is 5.19. The van der Waals surface area contributed by atoms with Crippen molar-refractivity contribution in [1.29, 1.82) is 0 Å². The van der Waals surface area contributed by atoms with Crippen LogP contribution in [-0.4, -0.2) is 36.5 Å². The summed E-state index contributed by atoms with van der Waals surface area (Å²) in [4.78, 5) is 26.2. The molecule has 3 aromatic rings. The van der Waals surface area contributed by atoms with E-state index < -0.39 is 0 Å². The number of fused-ring (bicyclic) bond motifs is 1. The average molecular weight is 415 g/mol. The first-order valence-electron chi connectivity index (χ1n) is 10.5. The number of amides is 2. The Hall–Kier alpha value is -3.44. The monoisotopic (exact) mass is 415 g/mol. The Bertz CT molecular complexity index is 1010. The second-order valence-corrected chi connectivity index (χ2v) is 7.45. The highest BCUT2D eigenvalue weighted by Gasteiger charge is 2.34. The largest absolute Gasteiger partial charge is 0.491 e. The van der Waals surface area contributed by atoms with Crippen LogP contribution in [0, 0.1) is 0 Å². The number of imide groups is 1. The Morgan fingerprint density at radius 3 is 2.13 bits per heavy atom. The van der Waals surface area contributed by atoms with Crippen LogP contribution in [0.15, 0.2) is 78.9 Å². The van der Waals surface area contributed by atoms with Crippen LogP contribution in [0.25, 0.3) is 0 Å². The van der Waals surface area contributed by atoms with Gasteiger partial charge in [-0.25, -0.2) is 0 Å². The third-order valence-corrected chi connectivity index (χ3v) is 5.23. The van der Waals surface area contributed by atoms with Gasteiger partial charge in [-0.1, -0.05) is 54.6 Å². The normalized spacial score (nSPS) is 12.8. The van der Waals surface area contributed by atoms with Crippen LogP contribution < -0.4 is 4.74 Å². The van der Waals surface area contributed by atoms with Gasteiger partial charge < -0.3 is 9.47 Å². The fraction of sp³-hybridized carbons (Fsp3) is 0.231. The predicted octanol–water partition coefficient (Wildman–Crippen LogP) is 4.51. The first kappa shape index (κ1) is 20.8. The van der Waals surface area contributed by atoms with Crippen molar-refractivity contribution in [3.63, 3.8) is 0 Å². The summed E-state index contributed by atoms with van der Waals surface area (Å²) in [5.41, 5.74) is 3.25. The van der Waals surface area contributed by atoms with E-state index in [0.717, 1.165) is 23.3 Å². The molecule has 0 aliphatic carbocycles. The Morgan fingerprint density at radius 2 is 1.39 bits per heavy atom. The van der Waals surface area contributed by atoms with Crippen molar-refractivity contribution in [1.82, 2.24) is 4.90 Å². The zero-order valence-corrected chi connectivity index (χ0v) is 17.3. The van der Waals surface area contributed by atoms with Crippen LogP contribution in [0.2, 0.25) is 0 Å². The minimum Gasteiger partial charge on any atom is -0.491 e. The van der Waals surface area contributed by atoms with Crippen LogP contribution in [0.3, 0.4) is 0 Å². The Balaban J connectivity index is 1.20. The van der Waals surface area contributed by atoms with Crippen molar-refractivity contribution in [2.45, 2.75) is 19.4 Å². The van der Waals surface area contributed by atoms with Crippen molar-refractivity contribution >= 4 is 11.8 Å². The molecule has 5 nitrogen and oxygen atoms in total. The molecule has 4 rings (SSSR count). The SMILES string of the molecule is O=C1c2ccccc2C(=O)N1CCCc1cccc(OCCOCc2ccccc2)c1. The third-order valence-electron chi connectivity index (χ3n) is 5.23. The number of benzene rings is 3. The van der Waals surface area contributed by atoms with E-state index in [1.54, 1.807) is 24.3 Å². The molecule has 0 saturated heterocycles. The number of hydrogen-bond donors (Lipinski definition) is 0. The maximum atomic E-state index is 12.4. The fourth-order valence-electron chi connectivity index (χ4n) is 3.66. The van der Waals surface area contributed by atoms with E-state index in [4.69, 9.17) is 9.47 Å². The molecule has 3 aromatic carbocycles. The summed E-state index contributed by atoms with van der Waals surface area (Å²) in [6, 6.07) is 24.9. The van der Waals surface area contributed by atoms with Crippen LogP contribution in [-0.2, 0) is 17.8 Å². The molecular formula is C26H25NO4. The molecule has 0 atom stereocenters. The van der Waals surface area contributed by atoms with Crippen molar-refractivity contribution in [3.8, 4) is 5.75 Å². The van der Waals surface area contributed by atoms with Crippen molar-refractivity contribution < 1.29 is 19.1 Å². The minimum absolute atomic E-state index is 0.201. The van der Waals surface area contributed by atoms with E-state index in [2.05, 4.69) is 0 Å². The number of nitrogens with zero attached hydrogens (tertiary/aromatic N) is 1. The lowest BCUT2D eigenvalue weighted by Gasteiger charge is -2.14. The molecule has 2 amide bonds. The lowest BCUT2D eigenvalue weighted by atomic mass is 10.1. The Kier molecular flexibility index (Phi) is 6.75. The number of carbonyl (C=O) groups is 2. The molecule has 0 aromatic heterocycles. The van der Waals surface area contributed by atoms with Gasteiger partial charge in [0, 0.05) is 6.54 Å². The Morgan fingerprint density at radius 1 is 0.710 bits per heavy atom. The summed E-state index contributed by atoms with van der Waals surface area (Å²) in [7, 11) is 0. The van der Waals surface area contributed by atoms with E-state index in [-0.39, 0.29) is 11.8 Å². The number of aryl methyl sites for hydroxylation is 1. The minimum atomic E-state index is -0.201. The van der Waals surface area contributed by atoms with Gasteiger partial charge in [0.1, 0.15) is 12.4 Å². The van der Waals surface area contributed by atoms with Gasteiger partial charge in [-0.05, 0) is 48.2 Å². The van der Waals surface area contributed by atoms with Crippen LogP contribution in [0.5, 0.6) is 5.75 Å². The molecular weight excluding hydrogens is 390 g/mol. The van der Waals surface area contributed by atoms with Crippen LogP contribution in [0.1, 0.15) is 38.3 Å². The molecule has 158 valence electrons. The molecule has 0 saturated carbocycles. The predicted molar refractivity (Wildman–Crippen MR) is 118 cm³/mol. The van der Waals surface area contributed by atoms with Crippen LogP contribution >= 0.6 is 0 Å². The average Bonchev–Trinajstić information content (AvgIpc) is 3.05. The lowest BCUT2D eigenvalue weighted by Crippen LogP contribution is -2.30. The van der Waals surface area contributed by atoms with E-state index in [1.807, 2.05) is 54.6 Å². The molecule has 1 heterocycles. The van der Waals surface area contributed by atoms with Gasteiger partial charge in [-0.2, -0.15) is 0 Å². The molecule has 0 fully saturated rings. The van der Waals surface area contributed by atoms with Gasteiger partial charge in [0.05, 0.1) is 24.3 Å². The van der Waals surface area contributed by atoms with E-state index in [0.29, 0.717) is 43.9 Å².